The minimum atomic E-state index is -4.53. The van der Waals surface area contributed by atoms with Gasteiger partial charge in [-0.25, -0.2) is 14.8 Å². The zero-order chi connectivity index (χ0) is 30.0. The van der Waals surface area contributed by atoms with Crippen LogP contribution < -0.4 is 32.2 Å². The first kappa shape index (κ1) is 30.0. The number of alkyl halides is 3. The molecule has 3 fully saturated rings. The molecule has 3 atom stereocenters. The molecular weight excluding hydrogens is 524 g/mol. The van der Waals surface area contributed by atoms with Gasteiger partial charge in [0.25, 0.3) is 0 Å². The third-order valence-electron chi connectivity index (χ3n) is 10.1. The van der Waals surface area contributed by atoms with Crippen LogP contribution in [0.1, 0.15) is 43.9 Å². The van der Waals surface area contributed by atoms with Crippen LogP contribution in [0.3, 0.4) is 0 Å². The molecule has 0 radical (unpaired) electrons. The molecule has 1 unspecified atom stereocenters. The number of ether oxygens (including phenoxy) is 1. The minimum absolute atomic E-state index is 0.0782. The second-order valence-corrected chi connectivity index (χ2v) is 12.8. The molecule has 1 aromatic carbocycles. The highest BCUT2D eigenvalue weighted by Gasteiger charge is 2.55. The summed E-state index contributed by atoms with van der Waals surface area (Å²) in [6.07, 6.45) is -1.25. The molecule has 1 spiro atoms. The van der Waals surface area contributed by atoms with Crippen molar-refractivity contribution in [3.05, 3.63) is 23.7 Å². The molecule has 0 bridgehead atoms. The lowest BCUT2D eigenvalue weighted by Crippen LogP contribution is -2.67. The summed E-state index contributed by atoms with van der Waals surface area (Å²) in [5.41, 5.74) is 7.62. The number of carbonyl (C=O) groups excluding carboxylic acids is 1. The predicted octanol–water partition coefficient (Wildman–Crippen LogP) is -5.38. The van der Waals surface area contributed by atoms with E-state index in [0.717, 1.165) is 38.3 Å². The first-order valence-electron chi connectivity index (χ1n) is 14.6. The predicted molar refractivity (Wildman–Crippen MR) is 172 cm³/mol. The Kier molecular flexibility index (Phi) is 7.79. The number of piperazine rings is 1. The van der Waals surface area contributed by atoms with Crippen molar-refractivity contribution in [1.29, 1.82) is 0 Å². The lowest BCUT2D eigenvalue weighted by Gasteiger charge is -2.60. The fourth-order valence-electron chi connectivity index (χ4n) is 7.38. The third-order valence-corrected chi connectivity index (χ3v) is 10.1. The van der Waals surface area contributed by atoms with Crippen molar-refractivity contribution in [3.8, 4) is 0 Å². The maximum atomic E-state index is 13.2. The number of nitrogens with zero attached hydrogens (tertiary/aromatic N) is 5. The van der Waals surface area contributed by atoms with Gasteiger partial charge in [0.15, 0.2) is 5.69 Å². The van der Waals surface area contributed by atoms with E-state index < -0.39 is 11.9 Å². The number of benzene rings is 1. The van der Waals surface area contributed by atoms with E-state index in [4.69, 9.17) is 4.74 Å². The van der Waals surface area contributed by atoms with Gasteiger partial charge in [0.2, 0.25) is 0 Å². The van der Waals surface area contributed by atoms with Gasteiger partial charge in [-0.05, 0) is 26.7 Å². The maximum Gasteiger partial charge on any atom is 0.434 e. The van der Waals surface area contributed by atoms with Crippen molar-refractivity contribution in [2.75, 3.05) is 31.1 Å². The van der Waals surface area contributed by atoms with E-state index in [0.29, 0.717) is 24.8 Å². The normalized spacial score (nSPS) is 23.6. The Labute approximate surface area is 245 Å². The molecular formula is C25H36B6F3N5O2. The summed E-state index contributed by atoms with van der Waals surface area (Å²) < 4.78 is 44.5. The van der Waals surface area contributed by atoms with Crippen LogP contribution in [0.4, 0.5) is 23.8 Å². The van der Waals surface area contributed by atoms with Crippen molar-refractivity contribution in [2.24, 2.45) is 5.41 Å². The minimum Gasteiger partial charge on any atom is -0.446 e. The zero-order valence-electron chi connectivity index (χ0n) is 25.4. The Bertz CT molecular complexity index is 1300. The number of amides is 1. The van der Waals surface area contributed by atoms with Crippen molar-refractivity contribution < 1.29 is 22.7 Å². The number of halogens is 3. The standard InChI is InChI=1S/C25H36B6F3N5O2/c1-11-7-37(15-6-35-14(5-36-15)25(32,33)34)8-12(2)39(11)23(40)41-13-3-24(4-13)9-38(10-24)22(31)16-17(26)19(28)21(30)20(29)18(16)27/h5-6,11-13,22H,3-4,7-10,26-31H2,1-2H3/t11-,12+,22?. The van der Waals surface area contributed by atoms with E-state index in [-0.39, 0.29) is 29.7 Å². The van der Waals surface area contributed by atoms with Gasteiger partial charge in [-0.1, -0.05) is 16.5 Å². The Morgan fingerprint density at radius 1 is 0.951 bits per heavy atom. The van der Waals surface area contributed by atoms with Gasteiger partial charge in [0, 0.05) is 37.5 Å². The van der Waals surface area contributed by atoms with Crippen LogP contribution in [-0.2, 0) is 10.9 Å². The molecule has 3 aliphatic rings. The lowest BCUT2D eigenvalue weighted by atomic mass is 9.56. The smallest absolute Gasteiger partial charge is 0.434 e. The Balaban J connectivity index is 1.13. The summed E-state index contributed by atoms with van der Waals surface area (Å²) in [4.78, 5) is 26.9. The molecule has 16 heteroatoms. The fraction of sp³-hybridized carbons (Fsp3) is 0.560. The average molecular weight is 560 g/mol. The van der Waals surface area contributed by atoms with E-state index in [9.17, 15) is 18.0 Å². The van der Waals surface area contributed by atoms with Crippen LogP contribution in [-0.4, -0.2) is 117 Å². The quantitative estimate of drug-likeness (QED) is 0.349. The average Bonchev–Trinajstić information content (AvgIpc) is 2.86. The summed E-state index contributed by atoms with van der Waals surface area (Å²) in [6.45, 7) is 6.77. The Morgan fingerprint density at radius 2 is 1.49 bits per heavy atom. The van der Waals surface area contributed by atoms with E-state index in [1.807, 2.05) is 18.7 Å². The first-order chi connectivity index (χ1) is 19.1. The Morgan fingerprint density at radius 3 is 1.98 bits per heavy atom. The van der Waals surface area contributed by atoms with E-state index in [1.54, 1.807) is 4.90 Å². The monoisotopic (exact) mass is 561 g/mol. The number of carbonyl (C=O) groups is 1. The zero-order valence-corrected chi connectivity index (χ0v) is 25.4. The van der Waals surface area contributed by atoms with Crippen LogP contribution in [0.5, 0.6) is 0 Å². The molecule has 1 saturated carbocycles. The molecule has 2 saturated heterocycles. The van der Waals surface area contributed by atoms with E-state index in [2.05, 4.69) is 61.9 Å². The summed E-state index contributed by atoms with van der Waals surface area (Å²) in [5.74, 6) is 0.725. The molecule has 2 aromatic rings. The SMILES string of the molecule is Bc1c(B)c(B)c(C(B)N2CC3(CC(OC(=O)N4[C@H](C)CN(c5cnc(C(F)(F)F)cn5)C[C@@H]4C)C3)C2)c(B)c1B. The molecule has 0 N–H and O–H groups in total. The number of aromatic nitrogens is 2. The third kappa shape index (κ3) is 5.41. The second-order valence-electron chi connectivity index (χ2n) is 12.8. The highest BCUT2D eigenvalue weighted by Crippen LogP contribution is 2.51. The molecule has 41 heavy (non-hydrogen) atoms. The largest absolute Gasteiger partial charge is 0.446 e. The first-order valence-corrected chi connectivity index (χ1v) is 14.6. The van der Waals surface area contributed by atoms with Gasteiger partial charge in [-0.2, -0.15) is 13.2 Å². The summed E-state index contributed by atoms with van der Waals surface area (Å²) in [6, 6.07) is -0.366. The Hall–Kier alpha value is -2.49. The van der Waals surface area contributed by atoms with Gasteiger partial charge in [0.05, 0.1) is 24.5 Å². The molecule has 1 aromatic heterocycles. The number of hydrogen-bond donors (Lipinski definition) is 0. The maximum absolute atomic E-state index is 13.2. The van der Waals surface area contributed by atoms with E-state index in [1.165, 1.54) is 32.9 Å². The van der Waals surface area contributed by atoms with Gasteiger partial charge >= 0.3 is 12.3 Å². The van der Waals surface area contributed by atoms with Crippen molar-refractivity contribution in [3.63, 3.8) is 0 Å². The highest BCUT2D eigenvalue weighted by molar-refractivity contribution is 6.67. The van der Waals surface area contributed by atoms with Crippen molar-refractivity contribution in [2.45, 2.75) is 57.0 Å². The topological polar surface area (TPSA) is 61.8 Å². The van der Waals surface area contributed by atoms with Crippen LogP contribution in [0.15, 0.2) is 12.4 Å². The molecule has 3 heterocycles. The molecule has 212 valence electrons. The van der Waals surface area contributed by atoms with Gasteiger partial charge in [-0.3, -0.25) is 4.90 Å². The highest BCUT2D eigenvalue weighted by atomic mass is 19.4. The molecule has 1 amide bonds. The number of rotatable bonds is 4. The number of likely N-dealkylation sites (tertiary alicyclic amines) is 1. The molecule has 5 rings (SSSR count). The number of anilines is 1. The summed E-state index contributed by atoms with van der Waals surface area (Å²) >= 11 is 0. The van der Waals surface area contributed by atoms with Crippen LogP contribution in [0, 0.1) is 5.41 Å². The molecule has 7 nitrogen and oxygen atoms in total. The van der Waals surface area contributed by atoms with Crippen molar-refractivity contribution >= 4 is 86.3 Å². The van der Waals surface area contributed by atoms with Crippen molar-refractivity contribution in [1.82, 2.24) is 19.8 Å². The van der Waals surface area contributed by atoms with Gasteiger partial charge in [0.1, 0.15) is 59.0 Å². The number of hydrogen-bond acceptors (Lipinski definition) is 6. The molecule has 2 aliphatic heterocycles. The van der Waals surface area contributed by atoms with Crippen LogP contribution in [0.25, 0.3) is 0 Å². The fourth-order valence-corrected chi connectivity index (χ4v) is 7.38. The summed E-state index contributed by atoms with van der Waals surface area (Å²) in [5, 5.41) is 0. The van der Waals surface area contributed by atoms with Gasteiger partial charge < -0.3 is 14.5 Å². The van der Waals surface area contributed by atoms with E-state index >= 15 is 0 Å². The lowest BCUT2D eigenvalue weighted by molar-refractivity contribution is -0.141. The van der Waals surface area contributed by atoms with Gasteiger partial charge in [-0.15, -0.1) is 16.4 Å². The van der Waals surface area contributed by atoms with Crippen LogP contribution in [0.2, 0.25) is 0 Å². The second kappa shape index (κ2) is 10.7. The van der Waals surface area contributed by atoms with Crippen LogP contribution >= 0.6 is 0 Å². The summed E-state index contributed by atoms with van der Waals surface area (Å²) in [7, 11) is 13.5. The molecule has 1 aliphatic carbocycles.